The lowest BCUT2D eigenvalue weighted by molar-refractivity contribution is -0.357. The molecule has 0 aliphatic carbocycles. The number of carbonyl (C=O) groups excluding carboxylic acids is 2. The highest BCUT2D eigenvalue weighted by Gasteiger charge is 2.35. The summed E-state index contributed by atoms with van der Waals surface area (Å²) in [5.41, 5.74) is -2.12. The molecule has 0 bridgehead atoms. The summed E-state index contributed by atoms with van der Waals surface area (Å²) in [4.78, 5) is 33.7. The van der Waals surface area contributed by atoms with Crippen LogP contribution in [0.4, 0.5) is 0 Å². The number of hydrogen-bond acceptors (Lipinski definition) is 5. The fourth-order valence-electron chi connectivity index (χ4n) is 0.788. The van der Waals surface area contributed by atoms with Gasteiger partial charge in [-0.2, -0.15) is 0 Å². The van der Waals surface area contributed by atoms with Gasteiger partial charge in [-0.1, -0.05) is 0 Å². The molecule has 0 radical (unpaired) electrons. The van der Waals surface area contributed by atoms with E-state index in [0.29, 0.717) is 0 Å². The van der Waals surface area contributed by atoms with Crippen LogP contribution < -0.4 is 0 Å². The summed E-state index contributed by atoms with van der Waals surface area (Å²) in [6.07, 6.45) is 0. The van der Waals surface area contributed by atoms with Gasteiger partial charge in [0.15, 0.2) is 0 Å². The normalized spacial score (nSPS) is 13.3. The highest BCUT2D eigenvalue weighted by molar-refractivity contribution is 5.90. The van der Waals surface area contributed by atoms with E-state index in [2.05, 4.69) is 0 Å². The summed E-state index contributed by atoms with van der Waals surface area (Å²) in [7, 11) is 0. The van der Waals surface area contributed by atoms with Crippen LogP contribution in [0.2, 0.25) is 0 Å². The molecule has 19 heavy (non-hydrogen) atoms. The van der Waals surface area contributed by atoms with Gasteiger partial charge in [-0.05, 0) is 55.4 Å². The molecular formula is C14H26O5. The van der Waals surface area contributed by atoms with Crippen LogP contribution in [0.3, 0.4) is 0 Å². The molecule has 0 rings (SSSR count). The van der Waals surface area contributed by atoms with Crippen molar-refractivity contribution >= 4 is 11.9 Å². The van der Waals surface area contributed by atoms with Gasteiger partial charge in [0, 0.05) is 0 Å². The van der Waals surface area contributed by atoms with E-state index >= 15 is 0 Å². The van der Waals surface area contributed by atoms with Crippen LogP contribution in [0.5, 0.6) is 0 Å². The number of carbonyl (C=O) groups is 2. The second-order valence-corrected chi connectivity index (χ2v) is 7.27. The number of ether oxygens (including phenoxy) is 1. The van der Waals surface area contributed by atoms with Crippen molar-refractivity contribution < 1.29 is 24.1 Å². The molecule has 0 spiro atoms. The fraction of sp³-hybridized carbons (Fsp3) is 0.857. The molecule has 5 nitrogen and oxygen atoms in total. The van der Waals surface area contributed by atoms with Gasteiger partial charge < -0.3 is 4.74 Å². The average Bonchev–Trinajstić information content (AvgIpc) is 2.13. The third-order valence-electron chi connectivity index (χ3n) is 2.08. The predicted octanol–water partition coefficient (Wildman–Crippen LogP) is 2.88. The number of hydrogen-bond donors (Lipinski definition) is 0. The van der Waals surface area contributed by atoms with Gasteiger partial charge in [0.2, 0.25) is 0 Å². The molecule has 0 amide bonds. The van der Waals surface area contributed by atoms with Crippen molar-refractivity contribution in [2.45, 2.75) is 61.0 Å². The Bertz CT molecular complexity index is 331. The van der Waals surface area contributed by atoms with E-state index in [1.807, 2.05) is 20.8 Å². The number of rotatable bonds is 4. The molecule has 5 heteroatoms. The molecule has 0 aliphatic heterocycles. The molecule has 0 aromatic rings. The van der Waals surface area contributed by atoms with Crippen LogP contribution >= 0.6 is 0 Å². The molecule has 0 aromatic heterocycles. The van der Waals surface area contributed by atoms with Crippen LogP contribution in [0.1, 0.15) is 55.4 Å². The Morgan fingerprint density at radius 1 is 0.842 bits per heavy atom. The van der Waals surface area contributed by atoms with Crippen molar-refractivity contribution in [1.29, 1.82) is 0 Å². The van der Waals surface area contributed by atoms with Crippen molar-refractivity contribution in [2.24, 2.45) is 10.8 Å². The molecule has 0 atom stereocenters. The first-order chi connectivity index (χ1) is 8.26. The Kier molecular flexibility index (Phi) is 5.71. The average molecular weight is 274 g/mol. The predicted molar refractivity (Wildman–Crippen MR) is 71.1 cm³/mol. The molecule has 0 aromatic carbocycles. The van der Waals surface area contributed by atoms with E-state index in [1.165, 1.54) is 0 Å². The summed E-state index contributed by atoms with van der Waals surface area (Å²) in [5.74, 6) is -1.17. The van der Waals surface area contributed by atoms with Crippen molar-refractivity contribution in [3.8, 4) is 0 Å². The highest BCUT2D eigenvalue weighted by atomic mass is 17.2. The lowest BCUT2D eigenvalue weighted by Crippen LogP contribution is -2.37. The van der Waals surface area contributed by atoms with Crippen LogP contribution in [-0.4, -0.2) is 24.1 Å². The molecule has 0 fully saturated rings. The molecule has 112 valence electrons. The minimum absolute atomic E-state index is 0.0144. The first kappa shape index (κ1) is 18.1. The topological polar surface area (TPSA) is 61.8 Å². The molecule has 0 saturated heterocycles. The van der Waals surface area contributed by atoms with E-state index in [-0.39, 0.29) is 6.61 Å². The molecule has 0 heterocycles. The zero-order chi connectivity index (χ0) is 15.5. The summed E-state index contributed by atoms with van der Waals surface area (Å²) in [6, 6.07) is 0. The quantitative estimate of drug-likeness (QED) is 0.341. The third-order valence-corrected chi connectivity index (χ3v) is 2.08. The van der Waals surface area contributed by atoms with E-state index in [4.69, 9.17) is 14.5 Å². The van der Waals surface area contributed by atoms with Gasteiger partial charge in [-0.3, -0.25) is 9.59 Å². The first-order valence-corrected chi connectivity index (χ1v) is 6.33. The van der Waals surface area contributed by atoms with Crippen LogP contribution in [0, 0.1) is 10.8 Å². The maximum atomic E-state index is 11.9. The molecule has 0 saturated carbocycles. The summed E-state index contributed by atoms with van der Waals surface area (Å²) >= 11 is 0. The highest BCUT2D eigenvalue weighted by Crippen LogP contribution is 2.23. The van der Waals surface area contributed by atoms with Crippen LogP contribution in [0.25, 0.3) is 0 Å². The third kappa shape index (κ3) is 7.28. The van der Waals surface area contributed by atoms with Crippen molar-refractivity contribution in [3.63, 3.8) is 0 Å². The second-order valence-electron chi connectivity index (χ2n) is 7.27. The van der Waals surface area contributed by atoms with E-state index < -0.39 is 28.4 Å². The van der Waals surface area contributed by atoms with Gasteiger partial charge in [-0.25, -0.2) is 9.78 Å². The van der Waals surface area contributed by atoms with E-state index in [9.17, 15) is 9.59 Å². The Balaban J connectivity index is 4.41. The van der Waals surface area contributed by atoms with Crippen molar-refractivity contribution in [3.05, 3.63) is 0 Å². The summed E-state index contributed by atoms with van der Waals surface area (Å²) in [5, 5.41) is 0. The SMILES string of the molecule is CC(C)(C)OOCC(C)(C)C(=O)OC(=O)C(C)(C)C. The van der Waals surface area contributed by atoms with Crippen LogP contribution in [-0.2, 0) is 24.1 Å². The zero-order valence-corrected chi connectivity index (χ0v) is 13.2. The lowest BCUT2D eigenvalue weighted by Gasteiger charge is -2.25. The largest absolute Gasteiger partial charge is 0.392 e. The number of esters is 2. The van der Waals surface area contributed by atoms with E-state index in [0.717, 1.165) is 0 Å². The molecule has 0 N–H and O–H groups in total. The standard InChI is InChI=1S/C14H26O5/c1-12(2,3)10(15)18-11(16)14(7,8)9-17-19-13(4,5)6/h9H2,1-8H3. The zero-order valence-electron chi connectivity index (χ0n) is 13.2. The Morgan fingerprint density at radius 2 is 1.32 bits per heavy atom. The smallest absolute Gasteiger partial charge is 0.321 e. The van der Waals surface area contributed by atoms with E-state index in [1.54, 1.807) is 34.6 Å². The maximum Gasteiger partial charge on any atom is 0.321 e. The van der Waals surface area contributed by atoms with Gasteiger partial charge >= 0.3 is 11.9 Å². The van der Waals surface area contributed by atoms with Crippen LogP contribution in [0.15, 0.2) is 0 Å². The minimum Gasteiger partial charge on any atom is -0.392 e. The summed E-state index contributed by atoms with van der Waals surface area (Å²) in [6.45, 7) is 13.9. The first-order valence-electron chi connectivity index (χ1n) is 6.33. The molecule has 0 aliphatic rings. The van der Waals surface area contributed by atoms with Crippen molar-refractivity contribution in [2.75, 3.05) is 6.61 Å². The van der Waals surface area contributed by atoms with Gasteiger partial charge in [0.1, 0.15) is 0 Å². The second kappa shape index (κ2) is 6.01. The van der Waals surface area contributed by atoms with Gasteiger partial charge in [-0.15, -0.1) is 0 Å². The van der Waals surface area contributed by atoms with Crippen molar-refractivity contribution in [1.82, 2.24) is 0 Å². The molecule has 0 unspecified atom stereocenters. The van der Waals surface area contributed by atoms with Gasteiger partial charge in [0.25, 0.3) is 0 Å². The Morgan fingerprint density at radius 3 is 1.68 bits per heavy atom. The Labute approximate surface area is 115 Å². The minimum atomic E-state index is -0.952. The summed E-state index contributed by atoms with van der Waals surface area (Å²) < 4.78 is 4.85. The maximum absolute atomic E-state index is 11.9. The molecular weight excluding hydrogens is 248 g/mol. The fourth-order valence-corrected chi connectivity index (χ4v) is 0.788. The van der Waals surface area contributed by atoms with Gasteiger partial charge in [0.05, 0.1) is 23.0 Å². The lowest BCUT2D eigenvalue weighted by atomic mass is 9.94. The monoisotopic (exact) mass is 274 g/mol. The Hall–Kier alpha value is -0.940.